The van der Waals surface area contributed by atoms with E-state index >= 15 is 0 Å². The summed E-state index contributed by atoms with van der Waals surface area (Å²) >= 11 is 12.0. The van der Waals surface area contributed by atoms with Crippen LogP contribution in [-0.4, -0.2) is 19.0 Å². The number of benzene rings is 1. The van der Waals surface area contributed by atoms with E-state index in [1.54, 1.807) is 6.07 Å². The van der Waals surface area contributed by atoms with E-state index in [-0.39, 0.29) is 18.3 Å². The third-order valence-corrected chi connectivity index (χ3v) is 3.91. The first kappa shape index (κ1) is 21.5. The number of nitrogens with one attached hydrogen (secondary N) is 1. The van der Waals surface area contributed by atoms with Crippen molar-refractivity contribution >= 4 is 41.5 Å². The van der Waals surface area contributed by atoms with E-state index < -0.39 is 0 Å². The molecular weight excluding hydrogens is 343 g/mol. The van der Waals surface area contributed by atoms with Gasteiger partial charge >= 0.3 is 0 Å². The van der Waals surface area contributed by atoms with Gasteiger partial charge in [-0.3, -0.25) is 4.79 Å². The number of aryl methyl sites for hydroxylation is 1. The van der Waals surface area contributed by atoms with E-state index in [1.807, 2.05) is 12.1 Å². The van der Waals surface area contributed by atoms with Crippen LogP contribution < -0.4 is 11.1 Å². The van der Waals surface area contributed by atoms with Crippen LogP contribution in [0.5, 0.6) is 0 Å². The molecule has 3 N–H and O–H groups in total. The van der Waals surface area contributed by atoms with E-state index in [0.717, 1.165) is 50.6 Å². The summed E-state index contributed by atoms with van der Waals surface area (Å²) in [6.45, 7) is 1.42. The van der Waals surface area contributed by atoms with Gasteiger partial charge in [-0.25, -0.2) is 0 Å². The van der Waals surface area contributed by atoms with Crippen LogP contribution in [0.15, 0.2) is 18.2 Å². The highest BCUT2D eigenvalue weighted by Gasteiger charge is 2.03. The Bertz CT molecular complexity index is 441. The fraction of sp³-hybridized carbons (Fsp3) is 0.562. The van der Waals surface area contributed by atoms with Crippen LogP contribution >= 0.6 is 35.6 Å². The highest BCUT2D eigenvalue weighted by atomic mass is 35.5. The molecule has 0 aliphatic rings. The molecule has 0 aromatic heterocycles. The Morgan fingerprint density at radius 2 is 1.82 bits per heavy atom. The molecule has 0 saturated carbocycles. The third kappa shape index (κ3) is 9.52. The van der Waals surface area contributed by atoms with Gasteiger partial charge in [0.2, 0.25) is 5.91 Å². The number of amides is 1. The molecule has 22 heavy (non-hydrogen) atoms. The highest BCUT2D eigenvalue weighted by Crippen LogP contribution is 2.21. The normalized spacial score (nSPS) is 10.1. The zero-order valence-corrected chi connectivity index (χ0v) is 15.1. The molecule has 0 heterocycles. The molecule has 3 nitrogen and oxygen atoms in total. The number of nitrogens with two attached hydrogens (primary N) is 1. The van der Waals surface area contributed by atoms with Crippen LogP contribution in [0.25, 0.3) is 0 Å². The van der Waals surface area contributed by atoms with Crippen LogP contribution in [0, 0.1) is 0 Å². The molecule has 126 valence electrons. The number of carbonyl (C=O) groups is 1. The molecule has 1 aromatic rings. The molecule has 1 aromatic carbocycles. The van der Waals surface area contributed by atoms with Crippen LogP contribution in [0.4, 0.5) is 0 Å². The zero-order chi connectivity index (χ0) is 15.5. The molecule has 0 aliphatic carbocycles. The molecule has 0 saturated heterocycles. The van der Waals surface area contributed by atoms with Gasteiger partial charge in [-0.2, -0.15) is 0 Å². The van der Waals surface area contributed by atoms with Crippen molar-refractivity contribution in [3.8, 4) is 0 Å². The summed E-state index contributed by atoms with van der Waals surface area (Å²) in [5.74, 6) is 0.130. The minimum atomic E-state index is 0. The van der Waals surface area contributed by atoms with Crippen molar-refractivity contribution in [3.63, 3.8) is 0 Å². The highest BCUT2D eigenvalue weighted by molar-refractivity contribution is 6.35. The molecular formula is C16H25Cl3N2O. The molecule has 0 radical (unpaired) electrons. The number of hydrogen-bond acceptors (Lipinski definition) is 2. The Hall–Kier alpha value is -0.480. The Morgan fingerprint density at radius 3 is 2.50 bits per heavy atom. The van der Waals surface area contributed by atoms with Crippen molar-refractivity contribution in [3.05, 3.63) is 33.8 Å². The van der Waals surface area contributed by atoms with Gasteiger partial charge in [-0.05, 0) is 49.9 Å². The SMILES string of the molecule is Cl.NCCCCCCC(=O)NCCCc1ccc(Cl)cc1Cl. The van der Waals surface area contributed by atoms with Crippen LogP contribution in [0.3, 0.4) is 0 Å². The van der Waals surface area contributed by atoms with E-state index in [0.29, 0.717) is 23.0 Å². The number of halogens is 3. The van der Waals surface area contributed by atoms with Gasteiger partial charge in [-0.1, -0.05) is 42.1 Å². The molecule has 0 unspecified atom stereocenters. The predicted octanol–water partition coefficient (Wildman–Crippen LogP) is 4.37. The first-order chi connectivity index (χ1) is 10.1. The average molecular weight is 368 g/mol. The van der Waals surface area contributed by atoms with Crippen molar-refractivity contribution in [1.82, 2.24) is 5.32 Å². The van der Waals surface area contributed by atoms with Crippen molar-refractivity contribution in [1.29, 1.82) is 0 Å². The molecule has 0 aliphatic heterocycles. The smallest absolute Gasteiger partial charge is 0.219 e. The number of hydrogen-bond donors (Lipinski definition) is 2. The van der Waals surface area contributed by atoms with Crippen molar-refractivity contribution in [2.24, 2.45) is 5.73 Å². The number of rotatable bonds is 10. The fourth-order valence-corrected chi connectivity index (χ4v) is 2.61. The van der Waals surface area contributed by atoms with Gasteiger partial charge in [0.1, 0.15) is 0 Å². The summed E-state index contributed by atoms with van der Waals surface area (Å²) in [5, 5.41) is 4.28. The zero-order valence-electron chi connectivity index (χ0n) is 12.7. The summed E-state index contributed by atoms with van der Waals surface area (Å²) < 4.78 is 0. The summed E-state index contributed by atoms with van der Waals surface area (Å²) in [6.07, 6.45) is 6.49. The van der Waals surface area contributed by atoms with E-state index in [1.165, 1.54) is 0 Å². The summed E-state index contributed by atoms with van der Waals surface area (Å²) in [7, 11) is 0. The van der Waals surface area contributed by atoms with Crippen molar-refractivity contribution < 1.29 is 4.79 Å². The first-order valence-corrected chi connectivity index (χ1v) is 8.29. The second-order valence-corrected chi connectivity index (χ2v) is 5.99. The van der Waals surface area contributed by atoms with Crippen LogP contribution in [0.2, 0.25) is 10.0 Å². The van der Waals surface area contributed by atoms with E-state index in [9.17, 15) is 4.79 Å². The van der Waals surface area contributed by atoms with Gasteiger partial charge in [0.05, 0.1) is 0 Å². The molecule has 0 fully saturated rings. The standard InChI is InChI=1S/C16H24Cl2N2O.ClH/c17-14-9-8-13(15(18)12-14)6-5-11-20-16(21)7-3-1-2-4-10-19;/h8-9,12H,1-7,10-11,19H2,(H,20,21);1H. The molecule has 1 rings (SSSR count). The lowest BCUT2D eigenvalue weighted by molar-refractivity contribution is -0.121. The maximum absolute atomic E-state index is 11.6. The minimum absolute atomic E-state index is 0. The average Bonchev–Trinajstić information content (AvgIpc) is 2.45. The van der Waals surface area contributed by atoms with E-state index in [2.05, 4.69) is 5.32 Å². The lowest BCUT2D eigenvalue weighted by Crippen LogP contribution is -2.24. The second kappa shape index (κ2) is 13.0. The Morgan fingerprint density at radius 1 is 1.09 bits per heavy atom. The minimum Gasteiger partial charge on any atom is -0.356 e. The van der Waals surface area contributed by atoms with Gasteiger partial charge in [0, 0.05) is 23.0 Å². The molecule has 0 spiro atoms. The van der Waals surface area contributed by atoms with Gasteiger partial charge in [0.25, 0.3) is 0 Å². The molecule has 0 bridgehead atoms. The summed E-state index contributed by atoms with van der Waals surface area (Å²) in [5.41, 5.74) is 6.49. The number of unbranched alkanes of at least 4 members (excludes halogenated alkanes) is 3. The molecule has 0 atom stereocenters. The topological polar surface area (TPSA) is 55.1 Å². The monoisotopic (exact) mass is 366 g/mol. The first-order valence-electron chi connectivity index (χ1n) is 7.54. The van der Waals surface area contributed by atoms with Gasteiger partial charge in [0.15, 0.2) is 0 Å². The third-order valence-electron chi connectivity index (χ3n) is 3.32. The number of carbonyl (C=O) groups excluding carboxylic acids is 1. The van der Waals surface area contributed by atoms with Gasteiger partial charge in [-0.15, -0.1) is 12.4 Å². The molecule has 6 heteroatoms. The maximum atomic E-state index is 11.6. The predicted molar refractivity (Wildman–Crippen MR) is 97.2 cm³/mol. The van der Waals surface area contributed by atoms with Crippen molar-refractivity contribution in [2.45, 2.75) is 44.9 Å². The second-order valence-electron chi connectivity index (χ2n) is 5.14. The lowest BCUT2D eigenvalue weighted by Gasteiger charge is -2.07. The van der Waals surface area contributed by atoms with Gasteiger partial charge < -0.3 is 11.1 Å². The Balaban J connectivity index is 0.00000441. The van der Waals surface area contributed by atoms with Crippen LogP contribution in [-0.2, 0) is 11.2 Å². The largest absolute Gasteiger partial charge is 0.356 e. The summed E-state index contributed by atoms with van der Waals surface area (Å²) in [4.78, 5) is 11.6. The Labute approximate surface area is 149 Å². The maximum Gasteiger partial charge on any atom is 0.219 e. The van der Waals surface area contributed by atoms with E-state index in [4.69, 9.17) is 28.9 Å². The molecule has 1 amide bonds. The Kier molecular flexibility index (Phi) is 12.7. The summed E-state index contributed by atoms with van der Waals surface area (Å²) in [6, 6.07) is 5.52. The van der Waals surface area contributed by atoms with Crippen LogP contribution in [0.1, 0.15) is 44.1 Å². The fourth-order valence-electron chi connectivity index (χ4n) is 2.10. The lowest BCUT2D eigenvalue weighted by atomic mass is 10.1. The quantitative estimate of drug-likeness (QED) is 0.603. The van der Waals surface area contributed by atoms with Crippen molar-refractivity contribution in [2.75, 3.05) is 13.1 Å².